The average Bonchev–Trinajstić information content (AvgIpc) is 3.14. The Labute approximate surface area is 219 Å². The van der Waals surface area contributed by atoms with Crippen LogP contribution in [0.5, 0.6) is 5.75 Å². The second-order valence-corrected chi connectivity index (χ2v) is 9.41. The number of pyridine rings is 1. The maximum Gasteiger partial charge on any atom is 0.225 e. The number of hydrogen-bond donors (Lipinski definition) is 1. The van der Waals surface area contributed by atoms with Crippen LogP contribution in [0.25, 0.3) is 32.9 Å². The van der Waals surface area contributed by atoms with E-state index < -0.39 is 11.6 Å². The Morgan fingerprint density at radius 1 is 1.14 bits per heavy atom. The molecule has 0 saturated heterocycles. The summed E-state index contributed by atoms with van der Waals surface area (Å²) in [6.45, 7) is 2.45. The van der Waals surface area contributed by atoms with Crippen LogP contribution in [0.1, 0.15) is 18.5 Å². The molecule has 2 aromatic carbocycles. The van der Waals surface area contributed by atoms with Gasteiger partial charge in [-0.05, 0) is 36.7 Å². The van der Waals surface area contributed by atoms with Crippen molar-refractivity contribution in [3.05, 3.63) is 64.2 Å². The zero-order valence-corrected chi connectivity index (χ0v) is 21.1. The lowest BCUT2D eigenvalue weighted by Gasteiger charge is -2.30. The molecule has 0 spiro atoms. The number of hydrogen-bond acceptors (Lipinski definition) is 7. The van der Waals surface area contributed by atoms with E-state index in [0.717, 1.165) is 5.56 Å². The number of halogens is 4. The number of ether oxygens (including phenoxy) is 1. The molecule has 0 amide bonds. The number of aromatic nitrogens is 5. The fourth-order valence-corrected chi connectivity index (χ4v) is 5.44. The molecule has 188 valence electrons. The molecular weight excluding hydrogens is 523 g/mol. The average molecular weight is 542 g/mol. The largest absolute Gasteiger partial charge is 0.489 e. The number of nitrogens with zero attached hydrogens (tertiary/aromatic N) is 6. The van der Waals surface area contributed by atoms with Crippen LogP contribution in [0.15, 0.2) is 36.7 Å². The van der Waals surface area contributed by atoms with Gasteiger partial charge in [0, 0.05) is 35.3 Å². The molecule has 0 unspecified atom stereocenters. The van der Waals surface area contributed by atoms with Gasteiger partial charge in [0.2, 0.25) is 5.28 Å². The van der Waals surface area contributed by atoms with Gasteiger partial charge < -0.3 is 15.4 Å². The third-order valence-corrected chi connectivity index (χ3v) is 7.21. The van der Waals surface area contributed by atoms with E-state index in [1.54, 1.807) is 31.6 Å². The molecular formula is C25H19Cl2F2N7O. The number of aryl methyl sites for hydroxylation is 1. The van der Waals surface area contributed by atoms with E-state index in [2.05, 4.69) is 20.1 Å². The first-order valence-corrected chi connectivity index (χ1v) is 12.1. The Kier molecular flexibility index (Phi) is 5.54. The molecule has 3 aromatic heterocycles. The zero-order valence-electron chi connectivity index (χ0n) is 19.6. The highest BCUT2D eigenvalue weighted by atomic mass is 35.5. The van der Waals surface area contributed by atoms with Crippen LogP contribution < -0.4 is 15.4 Å². The Morgan fingerprint density at radius 3 is 2.73 bits per heavy atom. The summed E-state index contributed by atoms with van der Waals surface area (Å²) in [7, 11) is 1.64. The highest BCUT2D eigenvalue weighted by molar-refractivity contribution is 6.37. The van der Waals surface area contributed by atoms with Gasteiger partial charge in [-0.15, -0.1) is 0 Å². The fourth-order valence-electron chi connectivity index (χ4n) is 4.95. The van der Waals surface area contributed by atoms with Gasteiger partial charge in [-0.2, -0.15) is 10.1 Å². The molecule has 2 N–H and O–H groups in total. The number of nitrogen functional groups attached to an aromatic ring is 1. The van der Waals surface area contributed by atoms with E-state index >= 15 is 8.78 Å². The molecule has 0 fully saturated rings. The Bertz CT molecular complexity index is 1730. The minimum atomic E-state index is -0.846. The minimum absolute atomic E-state index is 0.0457. The number of nitrogens with two attached hydrogens (primary N) is 1. The predicted octanol–water partition coefficient (Wildman–Crippen LogP) is 5.71. The van der Waals surface area contributed by atoms with Crippen molar-refractivity contribution < 1.29 is 13.5 Å². The predicted molar refractivity (Wildman–Crippen MR) is 139 cm³/mol. The first-order chi connectivity index (χ1) is 17.8. The quantitative estimate of drug-likeness (QED) is 0.292. The van der Waals surface area contributed by atoms with Crippen molar-refractivity contribution in [2.75, 3.05) is 23.8 Å². The number of rotatable bonds is 3. The van der Waals surface area contributed by atoms with E-state index in [9.17, 15) is 0 Å². The fraction of sp³-hybridized carbons (Fsp3) is 0.200. The highest BCUT2D eigenvalue weighted by Crippen LogP contribution is 2.50. The van der Waals surface area contributed by atoms with Gasteiger partial charge in [0.25, 0.3) is 0 Å². The molecule has 1 aliphatic rings. The maximum absolute atomic E-state index is 16.4. The van der Waals surface area contributed by atoms with E-state index in [1.807, 2.05) is 17.9 Å². The number of anilines is 2. The number of fused-ring (bicyclic) bond motifs is 1. The Morgan fingerprint density at radius 2 is 1.95 bits per heavy atom. The summed E-state index contributed by atoms with van der Waals surface area (Å²) >= 11 is 13.1. The third kappa shape index (κ3) is 3.54. The summed E-state index contributed by atoms with van der Waals surface area (Å²) in [5, 5.41) is 4.77. The van der Waals surface area contributed by atoms with Crippen molar-refractivity contribution in [3.63, 3.8) is 0 Å². The highest BCUT2D eigenvalue weighted by Gasteiger charge is 2.33. The van der Waals surface area contributed by atoms with E-state index in [-0.39, 0.29) is 50.7 Å². The standard InChI is InChI=1S/C25H19Cl2F2N7O/c1-11(13-4-3-7-31-23(13)30)36-8-9-37-22-17-20(33-25(27)34-24(17)36)19(29)16(18(22)26)15-14(28)6-5-12-10-32-35(2)21(12)15/h3-7,10-11H,8-9H2,1-2H3,(H2,30,31)/t11-/m1/s1. The van der Waals surface area contributed by atoms with Crippen LogP contribution in [-0.4, -0.2) is 37.9 Å². The van der Waals surface area contributed by atoms with Crippen molar-refractivity contribution in [2.45, 2.75) is 13.0 Å². The second-order valence-electron chi connectivity index (χ2n) is 8.70. The van der Waals surface area contributed by atoms with E-state index in [1.165, 1.54) is 10.7 Å². The molecule has 1 aliphatic heterocycles. The first kappa shape index (κ1) is 23.6. The van der Waals surface area contributed by atoms with Gasteiger partial charge in [-0.25, -0.2) is 18.7 Å². The van der Waals surface area contributed by atoms with Gasteiger partial charge in [0.1, 0.15) is 29.6 Å². The molecule has 4 heterocycles. The summed E-state index contributed by atoms with van der Waals surface area (Å²) in [5.41, 5.74) is 6.89. The van der Waals surface area contributed by atoms with Crippen molar-refractivity contribution in [2.24, 2.45) is 7.05 Å². The van der Waals surface area contributed by atoms with Gasteiger partial charge in [-0.3, -0.25) is 4.68 Å². The maximum atomic E-state index is 16.4. The van der Waals surface area contributed by atoms with Crippen LogP contribution in [0.3, 0.4) is 0 Å². The molecule has 12 heteroatoms. The summed E-state index contributed by atoms with van der Waals surface area (Å²) in [4.78, 5) is 14.7. The van der Waals surface area contributed by atoms with Crippen LogP contribution in [-0.2, 0) is 7.05 Å². The lowest BCUT2D eigenvalue weighted by molar-refractivity contribution is 0.328. The van der Waals surface area contributed by atoms with Gasteiger partial charge >= 0.3 is 0 Å². The third-order valence-electron chi connectivity index (χ3n) is 6.68. The summed E-state index contributed by atoms with van der Waals surface area (Å²) in [6, 6.07) is 6.13. The van der Waals surface area contributed by atoms with E-state index in [0.29, 0.717) is 29.1 Å². The second kappa shape index (κ2) is 8.67. The molecule has 1 atom stereocenters. The lowest BCUT2D eigenvalue weighted by atomic mass is 9.98. The Hall–Kier alpha value is -3.76. The Balaban J connectivity index is 1.67. The molecule has 8 nitrogen and oxygen atoms in total. The summed E-state index contributed by atoms with van der Waals surface area (Å²) in [6.07, 6.45) is 3.17. The van der Waals surface area contributed by atoms with Crippen molar-refractivity contribution in [1.29, 1.82) is 0 Å². The molecule has 5 aromatic rings. The molecule has 37 heavy (non-hydrogen) atoms. The molecule has 0 saturated carbocycles. The van der Waals surface area contributed by atoms with Crippen LogP contribution in [0.4, 0.5) is 20.4 Å². The monoisotopic (exact) mass is 541 g/mol. The van der Waals surface area contributed by atoms with Gasteiger partial charge in [-0.1, -0.05) is 17.7 Å². The van der Waals surface area contributed by atoms with Crippen LogP contribution in [0, 0.1) is 11.6 Å². The zero-order chi connectivity index (χ0) is 26.0. The normalized spacial score (nSPS) is 14.2. The van der Waals surface area contributed by atoms with Crippen molar-refractivity contribution >= 4 is 56.6 Å². The number of benzene rings is 2. The minimum Gasteiger partial charge on any atom is -0.489 e. The van der Waals surface area contributed by atoms with Crippen LogP contribution in [0.2, 0.25) is 10.3 Å². The van der Waals surface area contributed by atoms with Gasteiger partial charge in [0.15, 0.2) is 11.6 Å². The summed E-state index contributed by atoms with van der Waals surface area (Å²) < 4.78 is 39.2. The summed E-state index contributed by atoms with van der Waals surface area (Å²) in [5.74, 6) is -0.686. The molecule has 0 radical (unpaired) electrons. The van der Waals surface area contributed by atoms with Crippen LogP contribution >= 0.6 is 23.2 Å². The lowest BCUT2D eigenvalue weighted by Crippen LogP contribution is -2.31. The van der Waals surface area contributed by atoms with E-state index in [4.69, 9.17) is 33.7 Å². The first-order valence-electron chi connectivity index (χ1n) is 11.4. The molecule has 6 rings (SSSR count). The topological polar surface area (TPSA) is 95.0 Å². The van der Waals surface area contributed by atoms with Gasteiger partial charge in [0.05, 0.1) is 34.7 Å². The van der Waals surface area contributed by atoms with Crippen molar-refractivity contribution in [1.82, 2.24) is 24.7 Å². The SMILES string of the molecule is C[C@H](c1cccnc1N)N1CCOc2c(Cl)c(-c3c(F)ccc4cnn(C)c34)c(F)c3nc(Cl)nc1c23. The van der Waals surface area contributed by atoms with Crippen molar-refractivity contribution in [3.8, 4) is 16.9 Å². The smallest absolute Gasteiger partial charge is 0.225 e. The molecule has 0 bridgehead atoms. The molecule has 0 aliphatic carbocycles.